The van der Waals surface area contributed by atoms with Crippen LogP contribution in [0.3, 0.4) is 0 Å². The van der Waals surface area contributed by atoms with Crippen LogP contribution >= 0.6 is 0 Å². The first-order valence-electron chi connectivity index (χ1n) is 7.51. The zero-order chi connectivity index (χ0) is 15.1. The normalized spacial score (nSPS) is 22.9. The Morgan fingerprint density at radius 1 is 1.48 bits per heavy atom. The van der Waals surface area contributed by atoms with Crippen molar-refractivity contribution >= 4 is 5.57 Å². The van der Waals surface area contributed by atoms with Crippen LogP contribution in [0.5, 0.6) is 11.5 Å². The van der Waals surface area contributed by atoms with Crippen molar-refractivity contribution in [2.24, 2.45) is 0 Å². The van der Waals surface area contributed by atoms with Gasteiger partial charge >= 0.3 is 0 Å². The summed E-state index contributed by atoms with van der Waals surface area (Å²) in [5.74, 6) is 1.63. The van der Waals surface area contributed by atoms with Crippen molar-refractivity contribution in [1.82, 2.24) is 4.90 Å². The van der Waals surface area contributed by atoms with Crippen LogP contribution in [0, 0.1) is 6.92 Å². The standard InChI is InChI=1S/C17H23NO3/c1-5-18(3)9-13-10(2)6-15(20-4)17-16(13)12-7-11(19)8-14(12)21-17/h6-7,11,14,19H,5,8-9H2,1-4H3/t11-,14?/m0/s1. The Labute approximate surface area is 126 Å². The topological polar surface area (TPSA) is 41.9 Å². The van der Waals surface area contributed by atoms with Gasteiger partial charge in [0.2, 0.25) is 0 Å². The molecule has 0 spiro atoms. The first kappa shape index (κ1) is 14.4. The van der Waals surface area contributed by atoms with Crippen LogP contribution in [-0.2, 0) is 6.54 Å². The van der Waals surface area contributed by atoms with Crippen molar-refractivity contribution in [1.29, 1.82) is 0 Å². The zero-order valence-corrected chi connectivity index (χ0v) is 13.1. The van der Waals surface area contributed by atoms with Gasteiger partial charge in [-0.15, -0.1) is 0 Å². The molecule has 4 nitrogen and oxygen atoms in total. The first-order chi connectivity index (χ1) is 10.0. The molecule has 1 heterocycles. The molecule has 2 aliphatic rings. The highest BCUT2D eigenvalue weighted by atomic mass is 16.5. The number of rotatable bonds is 4. The molecule has 0 aromatic heterocycles. The maximum atomic E-state index is 9.88. The quantitative estimate of drug-likeness (QED) is 0.924. The van der Waals surface area contributed by atoms with Gasteiger partial charge < -0.3 is 19.5 Å². The molecular weight excluding hydrogens is 266 g/mol. The van der Waals surface area contributed by atoms with Crippen molar-refractivity contribution in [2.45, 2.75) is 39.0 Å². The first-order valence-corrected chi connectivity index (χ1v) is 7.51. The third-order valence-electron chi connectivity index (χ3n) is 4.49. The molecule has 0 bridgehead atoms. The molecule has 0 fully saturated rings. The maximum Gasteiger partial charge on any atom is 0.170 e. The summed E-state index contributed by atoms with van der Waals surface area (Å²) in [7, 11) is 3.79. The highest BCUT2D eigenvalue weighted by Gasteiger charge is 2.39. The number of benzene rings is 1. The average Bonchev–Trinajstić information content (AvgIpc) is 2.97. The molecule has 0 saturated heterocycles. The van der Waals surface area contributed by atoms with E-state index in [-0.39, 0.29) is 6.10 Å². The third kappa shape index (κ3) is 2.32. The highest BCUT2D eigenvalue weighted by molar-refractivity contribution is 5.84. The van der Waals surface area contributed by atoms with E-state index in [1.165, 1.54) is 11.1 Å². The monoisotopic (exact) mass is 289 g/mol. The Bertz CT molecular complexity index is 594. The molecule has 21 heavy (non-hydrogen) atoms. The largest absolute Gasteiger partial charge is 0.493 e. The van der Waals surface area contributed by atoms with Crippen LogP contribution in [0.2, 0.25) is 0 Å². The van der Waals surface area contributed by atoms with E-state index in [1.807, 2.05) is 6.08 Å². The van der Waals surface area contributed by atoms with Crippen LogP contribution in [0.15, 0.2) is 12.1 Å². The van der Waals surface area contributed by atoms with E-state index >= 15 is 0 Å². The second kappa shape index (κ2) is 5.35. The Balaban J connectivity index is 2.14. The molecule has 114 valence electrons. The van der Waals surface area contributed by atoms with Gasteiger partial charge in [0.05, 0.1) is 13.2 Å². The lowest BCUT2D eigenvalue weighted by Crippen LogP contribution is -2.18. The summed E-state index contributed by atoms with van der Waals surface area (Å²) in [5.41, 5.74) is 4.74. The molecule has 1 aromatic carbocycles. The van der Waals surface area contributed by atoms with Gasteiger partial charge in [0.15, 0.2) is 11.5 Å². The van der Waals surface area contributed by atoms with Gasteiger partial charge in [0.25, 0.3) is 0 Å². The fourth-order valence-electron chi connectivity index (χ4n) is 3.19. The molecule has 1 aromatic rings. The zero-order valence-electron chi connectivity index (χ0n) is 13.1. The van der Waals surface area contributed by atoms with Crippen molar-refractivity contribution in [3.8, 4) is 11.5 Å². The summed E-state index contributed by atoms with van der Waals surface area (Å²) in [6.07, 6.45) is 2.14. The summed E-state index contributed by atoms with van der Waals surface area (Å²) in [6.45, 7) is 6.13. The summed E-state index contributed by atoms with van der Waals surface area (Å²) in [4.78, 5) is 2.27. The minimum Gasteiger partial charge on any atom is -0.493 e. The van der Waals surface area contributed by atoms with Crippen LogP contribution in [0.25, 0.3) is 5.57 Å². The Hall–Kier alpha value is -1.52. The van der Waals surface area contributed by atoms with Crippen LogP contribution in [-0.4, -0.2) is 42.9 Å². The van der Waals surface area contributed by atoms with E-state index in [1.54, 1.807) is 7.11 Å². The number of hydrogen-bond donors (Lipinski definition) is 1. The minimum atomic E-state index is -0.401. The SMILES string of the molecule is CCN(C)Cc1c(C)cc(OC)c2c1C1=C[C@H](O)CC1O2. The van der Waals surface area contributed by atoms with Gasteiger partial charge in [-0.25, -0.2) is 0 Å². The number of methoxy groups -OCH3 is 1. The molecule has 0 amide bonds. The van der Waals surface area contributed by atoms with E-state index in [0.717, 1.165) is 35.7 Å². The molecule has 1 aliphatic carbocycles. The van der Waals surface area contributed by atoms with Crippen molar-refractivity contribution in [3.63, 3.8) is 0 Å². The van der Waals surface area contributed by atoms with E-state index in [4.69, 9.17) is 9.47 Å². The predicted molar refractivity (Wildman–Crippen MR) is 82.8 cm³/mol. The Morgan fingerprint density at radius 2 is 2.24 bits per heavy atom. The molecule has 1 aliphatic heterocycles. The van der Waals surface area contributed by atoms with E-state index in [2.05, 4.69) is 31.9 Å². The molecule has 2 atom stereocenters. The van der Waals surface area contributed by atoms with Gasteiger partial charge in [0.1, 0.15) is 6.10 Å². The van der Waals surface area contributed by atoms with E-state index < -0.39 is 6.10 Å². The molecule has 0 saturated carbocycles. The molecule has 4 heteroatoms. The Morgan fingerprint density at radius 3 is 2.90 bits per heavy atom. The average molecular weight is 289 g/mol. The second-order valence-corrected chi connectivity index (χ2v) is 5.94. The molecule has 0 radical (unpaired) electrons. The van der Waals surface area contributed by atoms with Crippen LogP contribution in [0.1, 0.15) is 30.0 Å². The van der Waals surface area contributed by atoms with Crippen molar-refractivity contribution < 1.29 is 14.6 Å². The van der Waals surface area contributed by atoms with Crippen LogP contribution < -0.4 is 9.47 Å². The smallest absolute Gasteiger partial charge is 0.170 e. The number of aliphatic hydroxyl groups is 1. The van der Waals surface area contributed by atoms with Crippen LogP contribution in [0.4, 0.5) is 0 Å². The van der Waals surface area contributed by atoms with Crippen molar-refractivity contribution in [2.75, 3.05) is 20.7 Å². The molecule has 1 unspecified atom stereocenters. The molecular formula is C17H23NO3. The highest BCUT2D eigenvalue weighted by Crippen LogP contribution is 2.50. The maximum absolute atomic E-state index is 9.88. The minimum absolute atomic E-state index is 0.0311. The lowest BCUT2D eigenvalue weighted by Gasteiger charge is -2.20. The fourth-order valence-corrected chi connectivity index (χ4v) is 3.19. The number of hydrogen-bond acceptors (Lipinski definition) is 4. The summed E-state index contributed by atoms with van der Waals surface area (Å²) < 4.78 is 11.6. The van der Waals surface area contributed by atoms with Gasteiger partial charge in [-0.05, 0) is 43.8 Å². The van der Waals surface area contributed by atoms with E-state index in [0.29, 0.717) is 6.42 Å². The van der Waals surface area contributed by atoms with Gasteiger partial charge in [-0.2, -0.15) is 0 Å². The summed E-state index contributed by atoms with van der Waals surface area (Å²) >= 11 is 0. The van der Waals surface area contributed by atoms with Gasteiger partial charge in [0, 0.05) is 24.1 Å². The van der Waals surface area contributed by atoms with Crippen molar-refractivity contribution in [3.05, 3.63) is 28.8 Å². The number of aliphatic hydroxyl groups excluding tert-OH is 1. The predicted octanol–water partition coefficient (Wildman–Crippen LogP) is 2.36. The van der Waals surface area contributed by atoms with E-state index in [9.17, 15) is 5.11 Å². The molecule has 1 N–H and O–H groups in total. The number of fused-ring (bicyclic) bond motifs is 3. The number of aryl methyl sites for hydroxylation is 1. The Kier molecular flexibility index (Phi) is 3.68. The number of ether oxygens (including phenoxy) is 2. The number of nitrogens with zero attached hydrogens (tertiary/aromatic N) is 1. The van der Waals surface area contributed by atoms with Gasteiger partial charge in [-0.3, -0.25) is 0 Å². The lowest BCUT2D eigenvalue weighted by atomic mass is 9.94. The third-order valence-corrected chi connectivity index (χ3v) is 4.49. The second-order valence-electron chi connectivity index (χ2n) is 5.94. The van der Waals surface area contributed by atoms with Gasteiger partial charge in [-0.1, -0.05) is 6.92 Å². The molecule has 3 rings (SSSR count). The summed E-state index contributed by atoms with van der Waals surface area (Å²) in [5, 5.41) is 9.88. The fraction of sp³-hybridized carbons (Fsp3) is 0.529. The summed E-state index contributed by atoms with van der Waals surface area (Å²) in [6, 6.07) is 2.05. The lowest BCUT2D eigenvalue weighted by molar-refractivity contribution is 0.169.